The first-order valence-electron chi connectivity index (χ1n) is 6.71. The number of aldehydes is 1. The number of aryl methyl sites for hydroxylation is 1. The van der Waals surface area contributed by atoms with Gasteiger partial charge in [-0.05, 0) is 12.8 Å². The molecule has 0 saturated heterocycles. The summed E-state index contributed by atoms with van der Waals surface area (Å²) < 4.78 is 1.90. The molecule has 0 unspecified atom stereocenters. The first kappa shape index (κ1) is 13.9. The molecule has 0 atom stereocenters. The van der Waals surface area contributed by atoms with Crippen LogP contribution in [0.5, 0.6) is 0 Å². The summed E-state index contributed by atoms with van der Waals surface area (Å²) in [6.07, 6.45) is 8.92. The molecule has 96 valence electrons. The number of hydrogen-bond donors (Lipinski definition) is 0. The Balaban J connectivity index is 2.46. The Kier molecular flexibility index (Phi) is 6.51. The Morgan fingerprint density at radius 3 is 2.53 bits per heavy atom. The number of aromatic nitrogens is 3. The number of unbranched alkanes of at least 4 members (excludes halogenated alkanes) is 4. The first-order valence-corrected chi connectivity index (χ1v) is 6.71. The molecule has 0 fully saturated rings. The standard InChI is InChI=1S/C13H23N3O/c1-3-5-6-7-8-10-16-13(9-4-2)12(11-17)14-15-16/h11H,3-10H2,1-2H3. The lowest BCUT2D eigenvalue weighted by Gasteiger charge is -2.05. The molecule has 0 saturated carbocycles. The molecule has 4 heteroatoms. The van der Waals surface area contributed by atoms with Crippen LogP contribution in [0.1, 0.15) is 68.6 Å². The van der Waals surface area contributed by atoms with Crippen molar-refractivity contribution in [3.63, 3.8) is 0 Å². The molecular weight excluding hydrogens is 214 g/mol. The molecule has 1 aromatic rings. The van der Waals surface area contributed by atoms with Gasteiger partial charge >= 0.3 is 0 Å². The monoisotopic (exact) mass is 237 g/mol. The van der Waals surface area contributed by atoms with Crippen molar-refractivity contribution in [2.24, 2.45) is 0 Å². The molecule has 1 rings (SSSR count). The van der Waals surface area contributed by atoms with E-state index in [1.54, 1.807) is 0 Å². The van der Waals surface area contributed by atoms with Crippen LogP contribution in [0.2, 0.25) is 0 Å². The van der Waals surface area contributed by atoms with Gasteiger partial charge in [-0.1, -0.05) is 51.2 Å². The predicted molar refractivity (Wildman–Crippen MR) is 68.2 cm³/mol. The second-order valence-corrected chi connectivity index (χ2v) is 4.43. The maximum atomic E-state index is 10.8. The van der Waals surface area contributed by atoms with Crippen LogP contribution in [0.3, 0.4) is 0 Å². The van der Waals surface area contributed by atoms with Crippen LogP contribution in [-0.4, -0.2) is 21.3 Å². The molecule has 17 heavy (non-hydrogen) atoms. The molecule has 1 heterocycles. The summed E-state index contributed by atoms with van der Waals surface area (Å²) in [5.74, 6) is 0. The van der Waals surface area contributed by atoms with Gasteiger partial charge in [-0.2, -0.15) is 0 Å². The molecule has 0 aliphatic heterocycles. The highest BCUT2D eigenvalue weighted by atomic mass is 16.1. The Morgan fingerprint density at radius 1 is 1.12 bits per heavy atom. The third-order valence-corrected chi connectivity index (χ3v) is 2.94. The molecule has 0 amide bonds. The number of carbonyl (C=O) groups excluding carboxylic acids is 1. The zero-order valence-corrected chi connectivity index (χ0v) is 11.0. The van der Waals surface area contributed by atoms with E-state index in [0.717, 1.165) is 37.8 Å². The second-order valence-electron chi connectivity index (χ2n) is 4.43. The van der Waals surface area contributed by atoms with Gasteiger partial charge in [-0.3, -0.25) is 4.79 Å². The van der Waals surface area contributed by atoms with E-state index in [9.17, 15) is 4.79 Å². The molecule has 0 aliphatic rings. The fourth-order valence-corrected chi connectivity index (χ4v) is 1.98. The van der Waals surface area contributed by atoms with E-state index in [0.29, 0.717) is 5.69 Å². The Morgan fingerprint density at radius 2 is 1.88 bits per heavy atom. The summed E-state index contributed by atoms with van der Waals surface area (Å²) in [7, 11) is 0. The summed E-state index contributed by atoms with van der Waals surface area (Å²) in [5, 5.41) is 7.97. The minimum absolute atomic E-state index is 0.514. The topological polar surface area (TPSA) is 47.8 Å². The maximum absolute atomic E-state index is 10.8. The zero-order chi connectivity index (χ0) is 12.5. The summed E-state index contributed by atoms with van der Waals surface area (Å²) in [5.41, 5.74) is 1.51. The molecule has 4 nitrogen and oxygen atoms in total. The van der Waals surface area contributed by atoms with Crippen molar-refractivity contribution in [3.05, 3.63) is 11.4 Å². The highest BCUT2D eigenvalue weighted by Gasteiger charge is 2.10. The van der Waals surface area contributed by atoms with Crippen LogP contribution in [0.15, 0.2) is 0 Å². The fraction of sp³-hybridized carbons (Fsp3) is 0.769. The summed E-state index contributed by atoms with van der Waals surface area (Å²) in [6.45, 7) is 5.21. The van der Waals surface area contributed by atoms with E-state index in [1.807, 2.05) is 4.68 Å². The third-order valence-electron chi connectivity index (χ3n) is 2.94. The van der Waals surface area contributed by atoms with E-state index in [-0.39, 0.29) is 0 Å². The van der Waals surface area contributed by atoms with Gasteiger partial charge in [-0.15, -0.1) is 5.10 Å². The predicted octanol–water partition coefficient (Wildman–Crippen LogP) is 3.01. The van der Waals surface area contributed by atoms with Gasteiger partial charge in [0.25, 0.3) is 0 Å². The smallest absolute Gasteiger partial charge is 0.172 e. The minimum Gasteiger partial charge on any atom is -0.296 e. The summed E-state index contributed by atoms with van der Waals surface area (Å²) >= 11 is 0. The van der Waals surface area contributed by atoms with E-state index in [4.69, 9.17) is 0 Å². The molecule has 0 aromatic carbocycles. The zero-order valence-electron chi connectivity index (χ0n) is 11.0. The summed E-state index contributed by atoms with van der Waals surface area (Å²) in [4.78, 5) is 10.8. The van der Waals surface area contributed by atoms with Gasteiger partial charge in [0.2, 0.25) is 0 Å². The van der Waals surface area contributed by atoms with Crippen molar-refractivity contribution >= 4 is 6.29 Å². The number of rotatable bonds is 9. The van der Waals surface area contributed by atoms with Crippen LogP contribution >= 0.6 is 0 Å². The normalized spacial score (nSPS) is 10.7. The van der Waals surface area contributed by atoms with Crippen molar-refractivity contribution in [1.82, 2.24) is 15.0 Å². The van der Waals surface area contributed by atoms with Gasteiger partial charge in [0.05, 0.1) is 5.69 Å². The lowest BCUT2D eigenvalue weighted by atomic mass is 10.1. The van der Waals surface area contributed by atoms with Gasteiger partial charge in [-0.25, -0.2) is 4.68 Å². The quantitative estimate of drug-likeness (QED) is 0.490. The third kappa shape index (κ3) is 4.29. The van der Waals surface area contributed by atoms with Gasteiger partial charge < -0.3 is 0 Å². The van der Waals surface area contributed by atoms with Gasteiger partial charge in [0.15, 0.2) is 6.29 Å². The average molecular weight is 237 g/mol. The SMILES string of the molecule is CCCCCCCn1nnc(C=O)c1CCC. The Labute approximate surface area is 103 Å². The van der Waals surface area contributed by atoms with Crippen LogP contribution in [0.4, 0.5) is 0 Å². The largest absolute Gasteiger partial charge is 0.296 e. The maximum Gasteiger partial charge on any atom is 0.172 e. The molecular formula is C13H23N3O. The fourth-order valence-electron chi connectivity index (χ4n) is 1.98. The van der Waals surface area contributed by atoms with Crippen LogP contribution in [-0.2, 0) is 13.0 Å². The van der Waals surface area contributed by atoms with Crippen molar-refractivity contribution in [2.45, 2.75) is 65.3 Å². The molecule has 0 bridgehead atoms. The van der Waals surface area contributed by atoms with Crippen molar-refractivity contribution in [1.29, 1.82) is 0 Å². The molecule has 0 N–H and O–H groups in total. The van der Waals surface area contributed by atoms with Crippen LogP contribution in [0.25, 0.3) is 0 Å². The van der Waals surface area contributed by atoms with Crippen molar-refractivity contribution in [2.75, 3.05) is 0 Å². The Bertz CT molecular complexity index is 333. The lowest BCUT2D eigenvalue weighted by molar-refractivity contribution is 0.111. The highest BCUT2D eigenvalue weighted by Crippen LogP contribution is 2.09. The number of carbonyl (C=O) groups is 1. The minimum atomic E-state index is 0.514. The average Bonchev–Trinajstić information content (AvgIpc) is 2.72. The van der Waals surface area contributed by atoms with Crippen LogP contribution < -0.4 is 0 Å². The van der Waals surface area contributed by atoms with Crippen molar-refractivity contribution in [3.8, 4) is 0 Å². The van der Waals surface area contributed by atoms with Crippen LogP contribution in [0, 0.1) is 0 Å². The first-order chi connectivity index (χ1) is 8.33. The summed E-state index contributed by atoms with van der Waals surface area (Å²) in [6, 6.07) is 0. The molecule has 0 spiro atoms. The second kappa shape index (κ2) is 7.98. The van der Waals surface area contributed by atoms with Gasteiger partial charge in [0.1, 0.15) is 5.69 Å². The number of nitrogens with zero attached hydrogens (tertiary/aromatic N) is 3. The molecule has 0 radical (unpaired) electrons. The number of hydrogen-bond acceptors (Lipinski definition) is 3. The molecule has 0 aliphatic carbocycles. The van der Waals surface area contributed by atoms with Crippen molar-refractivity contribution < 1.29 is 4.79 Å². The molecule has 1 aromatic heterocycles. The van der Waals surface area contributed by atoms with E-state index in [1.165, 1.54) is 25.7 Å². The Hall–Kier alpha value is -1.19. The van der Waals surface area contributed by atoms with E-state index in [2.05, 4.69) is 24.2 Å². The lowest BCUT2D eigenvalue weighted by Crippen LogP contribution is -2.06. The van der Waals surface area contributed by atoms with E-state index >= 15 is 0 Å². The highest BCUT2D eigenvalue weighted by molar-refractivity contribution is 5.73. The van der Waals surface area contributed by atoms with E-state index < -0.39 is 0 Å². The van der Waals surface area contributed by atoms with Gasteiger partial charge in [0, 0.05) is 6.54 Å².